The van der Waals surface area contributed by atoms with E-state index in [1.807, 2.05) is 4.98 Å². The summed E-state index contributed by atoms with van der Waals surface area (Å²) < 4.78 is 14.5. The number of halogens is 2. The Morgan fingerprint density at radius 3 is 2.75 bits per heavy atom. The summed E-state index contributed by atoms with van der Waals surface area (Å²) >= 11 is 2.95. The Labute approximate surface area is 120 Å². The number of hydrogen-bond donors (Lipinski definition) is 2. The van der Waals surface area contributed by atoms with Crippen LogP contribution in [0.4, 0.5) is 10.1 Å². The first kappa shape index (κ1) is 14.2. The van der Waals surface area contributed by atoms with Gasteiger partial charge in [-0.1, -0.05) is 12.1 Å². The van der Waals surface area contributed by atoms with Crippen LogP contribution in [-0.2, 0) is 11.3 Å². The quantitative estimate of drug-likeness (QED) is 0.875. The molecule has 1 heterocycles. The van der Waals surface area contributed by atoms with Crippen LogP contribution in [0.2, 0.25) is 0 Å². The number of nitrogens with one attached hydrogen (secondary N) is 2. The summed E-state index contributed by atoms with van der Waals surface area (Å²) in [6.07, 6.45) is 1.20. The van der Waals surface area contributed by atoms with Crippen molar-refractivity contribution in [3.8, 4) is 0 Å². The van der Waals surface area contributed by atoms with Gasteiger partial charge < -0.3 is 5.32 Å². The van der Waals surface area contributed by atoms with Gasteiger partial charge in [0.15, 0.2) is 0 Å². The highest BCUT2D eigenvalue weighted by atomic mass is 79.9. The molecule has 2 aromatic rings. The van der Waals surface area contributed by atoms with Crippen molar-refractivity contribution in [1.29, 1.82) is 0 Å². The van der Waals surface area contributed by atoms with E-state index in [-0.39, 0.29) is 16.7 Å². The maximum Gasteiger partial charge on any atom is 0.328 e. The van der Waals surface area contributed by atoms with Crippen molar-refractivity contribution >= 4 is 27.5 Å². The number of carbonyl (C=O) groups is 1. The van der Waals surface area contributed by atoms with Crippen molar-refractivity contribution in [2.75, 3.05) is 5.32 Å². The Morgan fingerprint density at radius 2 is 2.05 bits per heavy atom. The average Bonchev–Trinajstić information content (AvgIpc) is 2.39. The average molecular weight is 342 g/mol. The Morgan fingerprint density at radius 1 is 1.35 bits per heavy atom. The van der Waals surface area contributed by atoms with Crippen LogP contribution in [0.5, 0.6) is 0 Å². The van der Waals surface area contributed by atoms with Crippen LogP contribution in [-0.4, -0.2) is 15.5 Å². The highest BCUT2D eigenvalue weighted by Crippen LogP contribution is 2.12. The fourth-order valence-electron chi connectivity index (χ4n) is 1.51. The Kier molecular flexibility index (Phi) is 4.14. The third-order valence-corrected chi connectivity index (χ3v) is 2.99. The molecule has 1 aromatic heterocycles. The molecule has 1 aromatic carbocycles. The molecule has 0 atom stereocenters. The topological polar surface area (TPSA) is 84.0 Å². The SMILES string of the molecule is O=C(Cn1cc(Br)c(=O)[nH]c1=O)Nc1ccccc1F. The third kappa shape index (κ3) is 3.21. The zero-order valence-corrected chi connectivity index (χ0v) is 11.6. The summed E-state index contributed by atoms with van der Waals surface area (Å²) in [6, 6.07) is 5.67. The van der Waals surface area contributed by atoms with Gasteiger partial charge in [-0.3, -0.25) is 19.1 Å². The number of para-hydroxylation sites is 1. The number of rotatable bonds is 3. The molecule has 8 heteroatoms. The van der Waals surface area contributed by atoms with Gasteiger partial charge in [0.1, 0.15) is 12.4 Å². The monoisotopic (exact) mass is 341 g/mol. The summed E-state index contributed by atoms with van der Waals surface area (Å²) in [4.78, 5) is 36.4. The van der Waals surface area contributed by atoms with Crippen LogP contribution in [0.1, 0.15) is 0 Å². The summed E-state index contributed by atoms with van der Waals surface area (Å²) in [5.41, 5.74) is -1.28. The minimum atomic E-state index is -0.720. The molecule has 104 valence electrons. The molecule has 1 amide bonds. The number of H-pyrrole nitrogens is 1. The molecule has 2 N–H and O–H groups in total. The molecule has 0 saturated heterocycles. The number of amides is 1. The van der Waals surface area contributed by atoms with Crippen LogP contribution >= 0.6 is 15.9 Å². The molecule has 0 fully saturated rings. The molecule has 0 aliphatic heterocycles. The zero-order chi connectivity index (χ0) is 14.7. The summed E-state index contributed by atoms with van der Waals surface area (Å²) in [5.74, 6) is -1.16. The first-order valence-electron chi connectivity index (χ1n) is 5.51. The molecule has 0 saturated carbocycles. The molecule has 6 nitrogen and oxygen atoms in total. The second kappa shape index (κ2) is 5.83. The number of carbonyl (C=O) groups excluding carboxylic acids is 1. The minimum Gasteiger partial charge on any atom is -0.322 e. The maximum absolute atomic E-state index is 13.3. The minimum absolute atomic E-state index is 0.0223. The number of benzene rings is 1. The smallest absolute Gasteiger partial charge is 0.322 e. The number of anilines is 1. The summed E-state index contributed by atoms with van der Waals surface area (Å²) in [6.45, 7) is -0.345. The van der Waals surface area contributed by atoms with E-state index in [0.717, 1.165) is 4.57 Å². The van der Waals surface area contributed by atoms with Crippen molar-refractivity contribution in [3.05, 3.63) is 61.6 Å². The standard InChI is InChI=1S/C12H9BrFN3O3/c13-7-5-17(12(20)16-11(7)19)6-10(18)15-9-4-2-1-3-8(9)14/h1-5H,6H2,(H,15,18)(H,16,19,20). The van der Waals surface area contributed by atoms with Crippen molar-refractivity contribution < 1.29 is 9.18 Å². The highest BCUT2D eigenvalue weighted by Gasteiger charge is 2.09. The number of nitrogens with zero attached hydrogens (tertiary/aromatic N) is 1. The molecule has 0 spiro atoms. The van der Waals surface area contributed by atoms with Crippen molar-refractivity contribution in [2.24, 2.45) is 0 Å². The van der Waals surface area contributed by atoms with E-state index in [1.165, 1.54) is 24.4 Å². The van der Waals surface area contributed by atoms with Gasteiger partial charge in [0.05, 0.1) is 10.2 Å². The third-order valence-electron chi connectivity index (χ3n) is 2.43. The van der Waals surface area contributed by atoms with Crippen molar-refractivity contribution in [3.63, 3.8) is 0 Å². The van der Waals surface area contributed by atoms with E-state index < -0.39 is 23.0 Å². The molecule has 0 aliphatic carbocycles. The normalized spacial score (nSPS) is 10.3. The largest absolute Gasteiger partial charge is 0.328 e. The van der Waals surface area contributed by atoms with Gasteiger partial charge in [-0.25, -0.2) is 9.18 Å². The lowest BCUT2D eigenvalue weighted by molar-refractivity contribution is -0.116. The van der Waals surface area contributed by atoms with Crippen LogP contribution in [0.15, 0.2) is 44.5 Å². The lowest BCUT2D eigenvalue weighted by Crippen LogP contribution is -2.33. The van der Waals surface area contributed by atoms with Gasteiger partial charge in [0.25, 0.3) is 5.56 Å². The molecule has 0 bridgehead atoms. The first-order valence-corrected chi connectivity index (χ1v) is 6.30. The summed E-state index contributed by atoms with van der Waals surface area (Å²) in [7, 11) is 0. The molecule has 0 unspecified atom stereocenters. The predicted molar refractivity (Wildman–Crippen MR) is 74.1 cm³/mol. The Bertz CT molecular complexity index is 769. The lowest BCUT2D eigenvalue weighted by atomic mass is 10.3. The van der Waals surface area contributed by atoms with E-state index in [1.54, 1.807) is 6.07 Å². The van der Waals surface area contributed by atoms with Gasteiger partial charge in [-0.05, 0) is 28.1 Å². The van der Waals surface area contributed by atoms with Crippen LogP contribution in [0.25, 0.3) is 0 Å². The van der Waals surface area contributed by atoms with Gasteiger partial charge in [-0.15, -0.1) is 0 Å². The number of hydrogen-bond acceptors (Lipinski definition) is 3. The van der Waals surface area contributed by atoms with Gasteiger partial charge in [-0.2, -0.15) is 0 Å². The van der Waals surface area contributed by atoms with Crippen LogP contribution in [0.3, 0.4) is 0 Å². The van der Waals surface area contributed by atoms with Crippen LogP contribution < -0.4 is 16.6 Å². The second-order valence-electron chi connectivity index (χ2n) is 3.89. The predicted octanol–water partition coefficient (Wildman–Crippen LogP) is 1.08. The molecule has 2 rings (SSSR count). The van der Waals surface area contributed by atoms with Gasteiger partial charge >= 0.3 is 5.69 Å². The maximum atomic E-state index is 13.3. The van der Waals surface area contributed by atoms with E-state index in [4.69, 9.17) is 0 Å². The van der Waals surface area contributed by atoms with Gasteiger partial charge in [0, 0.05) is 6.20 Å². The van der Waals surface area contributed by atoms with Gasteiger partial charge in [0.2, 0.25) is 5.91 Å². The van der Waals surface area contributed by atoms with E-state index in [0.29, 0.717) is 0 Å². The first-order chi connectivity index (χ1) is 9.47. The molecule has 0 aliphatic rings. The number of aromatic nitrogens is 2. The van der Waals surface area contributed by atoms with Crippen LogP contribution in [0, 0.1) is 5.82 Å². The number of aromatic amines is 1. The molecular weight excluding hydrogens is 333 g/mol. The van der Waals surface area contributed by atoms with Crippen molar-refractivity contribution in [1.82, 2.24) is 9.55 Å². The fourth-order valence-corrected chi connectivity index (χ4v) is 1.85. The Balaban J connectivity index is 2.17. The van der Waals surface area contributed by atoms with Crippen molar-refractivity contribution in [2.45, 2.75) is 6.54 Å². The molecule has 20 heavy (non-hydrogen) atoms. The molecule has 0 radical (unpaired) electrons. The lowest BCUT2D eigenvalue weighted by Gasteiger charge is -2.07. The van der Waals surface area contributed by atoms with E-state index in [9.17, 15) is 18.8 Å². The molecular formula is C12H9BrFN3O3. The van der Waals surface area contributed by atoms with E-state index in [2.05, 4.69) is 21.2 Å². The fraction of sp³-hybridized carbons (Fsp3) is 0.0833. The highest BCUT2D eigenvalue weighted by molar-refractivity contribution is 9.10. The Hall–Kier alpha value is -2.22. The second-order valence-corrected chi connectivity index (χ2v) is 4.75. The zero-order valence-electron chi connectivity index (χ0n) is 10.0. The summed E-state index contributed by atoms with van der Waals surface area (Å²) in [5, 5.41) is 2.34. The van der Waals surface area contributed by atoms with E-state index >= 15 is 0 Å².